The maximum Gasteiger partial charge on any atom is 0.247 e. The monoisotopic (exact) mass is 339 g/mol. The van der Waals surface area contributed by atoms with Crippen LogP contribution >= 0.6 is 12.4 Å². The Labute approximate surface area is 144 Å². The average molecular weight is 340 g/mol. The third kappa shape index (κ3) is 6.20. The molecule has 6 heteroatoms. The van der Waals surface area contributed by atoms with E-state index in [9.17, 15) is 9.59 Å². The third-order valence-corrected chi connectivity index (χ3v) is 3.73. The molecule has 5 nitrogen and oxygen atoms in total. The molecule has 3 N–H and O–H groups in total. The van der Waals surface area contributed by atoms with Crippen LogP contribution in [-0.2, 0) is 9.59 Å². The lowest BCUT2D eigenvalue weighted by Gasteiger charge is -2.28. The van der Waals surface area contributed by atoms with Gasteiger partial charge in [0.05, 0.1) is 0 Å². The highest BCUT2D eigenvalue weighted by Crippen LogP contribution is 2.14. The van der Waals surface area contributed by atoms with Crippen molar-refractivity contribution in [1.29, 1.82) is 0 Å². The van der Waals surface area contributed by atoms with Crippen molar-refractivity contribution in [2.75, 3.05) is 19.6 Å². The highest BCUT2D eigenvalue weighted by atomic mass is 35.5. The molecule has 0 spiro atoms. The first kappa shape index (κ1) is 19.5. The Hall–Kier alpha value is -1.59. The fourth-order valence-corrected chi connectivity index (χ4v) is 2.38. The van der Waals surface area contributed by atoms with Crippen LogP contribution in [0.4, 0.5) is 0 Å². The normalized spacial score (nSPS) is 15.3. The van der Waals surface area contributed by atoms with Gasteiger partial charge in [0.1, 0.15) is 6.04 Å². The number of carbonyl (C=O) groups is 2. The van der Waals surface area contributed by atoms with E-state index in [-0.39, 0.29) is 30.1 Å². The van der Waals surface area contributed by atoms with Crippen LogP contribution in [0.5, 0.6) is 0 Å². The maximum atomic E-state index is 12.5. The van der Waals surface area contributed by atoms with Crippen molar-refractivity contribution in [3.8, 4) is 0 Å². The molecule has 1 atom stereocenters. The topological polar surface area (TPSA) is 70.2 Å². The summed E-state index contributed by atoms with van der Waals surface area (Å²) in [6, 6.07) is 8.75. The molecule has 0 aliphatic carbocycles. The van der Waals surface area contributed by atoms with Gasteiger partial charge in [-0.05, 0) is 11.5 Å². The minimum Gasteiger partial charge on any atom is -0.354 e. The number of halogens is 1. The summed E-state index contributed by atoms with van der Waals surface area (Å²) in [4.78, 5) is 24.5. The van der Waals surface area contributed by atoms with Gasteiger partial charge in [-0.25, -0.2) is 0 Å². The van der Waals surface area contributed by atoms with Crippen LogP contribution in [0.25, 0.3) is 0 Å². The molecule has 1 heterocycles. The summed E-state index contributed by atoms with van der Waals surface area (Å²) in [6.45, 7) is 6.50. The smallest absolute Gasteiger partial charge is 0.247 e. The van der Waals surface area contributed by atoms with Gasteiger partial charge in [-0.2, -0.15) is 0 Å². The first-order valence-corrected chi connectivity index (χ1v) is 7.89. The van der Waals surface area contributed by atoms with Crippen molar-refractivity contribution in [1.82, 2.24) is 16.0 Å². The lowest BCUT2D eigenvalue weighted by molar-refractivity contribution is -0.129. The van der Waals surface area contributed by atoms with Crippen LogP contribution in [0.1, 0.15) is 31.9 Å². The summed E-state index contributed by atoms with van der Waals surface area (Å²) in [5.74, 6) is 0.520. The molecule has 1 aliphatic rings. The highest BCUT2D eigenvalue weighted by Gasteiger charge is 2.24. The van der Waals surface area contributed by atoms with Crippen LogP contribution in [0.3, 0.4) is 0 Å². The number of benzene rings is 1. The molecular formula is C17H26ClN3O2. The van der Waals surface area contributed by atoms with E-state index in [1.165, 1.54) is 0 Å². The summed E-state index contributed by atoms with van der Waals surface area (Å²) in [5, 5.41) is 8.98. The van der Waals surface area contributed by atoms with Gasteiger partial charge in [-0.3, -0.25) is 9.59 Å². The third-order valence-electron chi connectivity index (χ3n) is 3.73. The Morgan fingerprint density at radius 1 is 1.22 bits per heavy atom. The largest absolute Gasteiger partial charge is 0.354 e. The lowest BCUT2D eigenvalue weighted by Crippen LogP contribution is -2.50. The van der Waals surface area contributed by atoms with Gasteiger partial charge in [-0.1, -0.05) is 44.2 Å². The minimum atomic E-state index is -0.625. The van der Waals surface area contributed by atoms with Crippen LogP contribution in [0.2, 0.25) is 0 Å². The zero-order valence-corrected chi connectivity index (χ0v) is 14.5. The quantitative estimate of drug-likeness (QED) is 0.707. The Morgan fingerprint density at radius 2 is 1.87 bits per heavy atom. The Balaban J connectivity index is 0.00000264. The number of hydrogen-bond acceptors (Lipinski definition) is 3. The van der Waals surface area contributed by atoms with Crippen molar-refractivity contribution in [2.45, 2.75) is 26.3 Å². The van der Waals surface area contributed by atoms with Crippen LogP contribution in [0.15, 0.2) is 30.3 Å². The Morgan fingerprint density at radius 3 is 2.39 bits per heavy atom. The van der Waals surface area contributed by atoms with E-state index in [0.29, 0.717) is 18.9 Å². The zero-order chi connectivity index (χ0) is 15.9. The lowest BCUT2D eigenvalue weighted by atomic mass is 10.0. The molecule has 1 fully saturated rings. The Kier molecular flexibility index (Phi) is 8.06. The number of hydrogen-bond donors (Lipinski definition) is 3. The number of rotatable bonds is 7. The van der Waals surface area contributed by atoms with Gasteiger partial charge in [0.2, 0.25) is 11.8 Å². The van der Waals surface area contributed by atoms with E-state index < -0.39 is 6.04 Å². The van der Waals surface area contributed by atoms with Gasteiger partial charge in [-0.15, -0.1) is 12.4 Å². The van der Waals surface area contributed by atoms with Crippen molar-refractivity contribution in [3.63, 3.8) is 0 Å². The molecule has 1 unspecified atom stereocenters. The predicted octanol–water partition coefficient (Wildman–Crippen LogP) is 1.65. The molecule has 23 heavy (non-hydrogen) atoms. The minimum absolute atomic E-state index is 0. The fourth-order valence-electron chi connectivity index (χ4n) is 2.38. The van der Waals surface area contributed by atoms with Crippen molar-refractivity contribution in [3.05, 3.63) is 35.9 Å². The molecule has 2 rings (SSSR count). The van der Waals surface area contributed by atoms with E-state index in [0.717, 1.165) is 18.7 Å². The zero-order valence-electron chi connectivity index (χ0n) is 13.7. The van der Waals surface area contributed by atoms with E-state index in [2.05, 4.69) is 16.0 Å². The molecule has 1 aromatic carbocycles. The first-order valence-electron chi connectivity index (χ1n) is 7.89. The summed E-state index contributed by atoms with van der Waals surface area (Å²) in [5.41, 5.74) is 0.809. The highest BCUT2D eigenvalue weighted by molar-refractivity contribution is 5.88. The Bertz CT molecular complexity index is 504. The number of nitrogens with one attached hydrogen (secondary N) is 3. The van der Waals surface area contributed by atoms with Crippen molar-refractivity contribution in [2.24, 2.45) is 11.8 Å². The maximum absolute atomic E-state index is 12.5. The van der Waals surface area contributed by atoms with Crippen molar-refractivity contribution >= 4 is 24.2 Å². The van der Waals surface area contributed by atoms with Crippen LogP contribution < -0.4 is 16.0 Å². The second-order valence-corrected chi connectivity index (χ2v) is 6.28. The first-order chi connectivity index (χ1) is 10.6. The van der Waals surface area contributed by atoms with Gasteiger partial charge in [0.15, 0.2) is 0 Å². The molecule has 0 bridgehead atoms. The van der Waals surface area contributed by atoms with E-state index in [4.69, 9.17) is 0 Å². The van der Waals surface area contributed by atoms with Gasteiger partial charge in [0.25, 0.3) is 0 Å². The molecule has 0 radical (unpaired) electrons. The molecule has 2 amide bonds. The molecule has 1 aromatic rings. The standard InChI is InChI=1S/C17H25N3O2.ClH/c1-12(2)8-15(21)20-16(14-6-4-3-5-7-14)17(22)19-11-13-9-18-10-13;/h3-7,12-13,16,18H,8-11H2,1-2H3,(H,19,22)(H,20,21);1H. The average Bonchev–Trinajstić information content (AvgIpc) is 2.43. The summed E-state index contributed by atoms with van der Waals surface area (Å²) >= 11 is 0. The molecule has 1 saturated heterocycles. The van der Waals surface area contributed by atoms with Crippen molar-refractivity contribution < 1.29 is 9.59 Å². The second kappa shape index (κ2) is 9.53. The SMILES string of the molecule is CC(C)CC(=O)NC(C(=O)NCC1CNC1)c1ccccc1.Cl. The van der Waals surface area contributed by atoms with Crippen LogP contribution in [0, 0.1) is 11.8 Å². The van der Waals surface area contributed by atoms with E-state index >= 15 is 0 Å². The van der Waals surface area contributed by atoms with E-state index in [1.54, 1.807) is 0 Å². The predicted molar refractivity (Wildman–Crippen MR) is 93.4 cm³/mol. The molecule has 1 aliphatic heterocycles. The van der Waals surface area contributed by atoms with Gasteiger partial charge in [0, 0.05) is 32.0 Å². The number of carbonyl (C=O) groups excluding carboxylic acids is 2. The van der Waals surface area contributed by atoms with E-state index in [1.807, 2.05) is 44.2 Å². The second-order valence-electron chi connectivity index (χ2n) is 6.28. The molecule has 128 valence electrons. The van der Waals surface area contributed by atoms with Gasteiger partial charge >= 0.3 is 0 Å². The van der Waals surface area contributed by atoms with Crippen LogP contribution in [-0.4, -0.2) is 31.4 Å². The molecule has 0 aromatic heterocycles. The summed E-state index contributed by atoms with van der Waals surface area (Å²) in [6.07, 6.45) is 0.420. The molecule has 0 saturated carbocycles. The number of amides is 2. The summed E-state index contributed by atoms with van der Waals surface area (Å²) < 4.78 is 0. The fraction of sp³-hybridized carbons (Fsp3) is 0.529. The summed E-state index contributed by atoms with van der Waals surface area (Å²) in [7, 11) is 0. The van der Waals surface area contributed by atoms with Gasteiger partial charge < -0.3 is 16.0 Å². The molecular weight excluding hydrogens is 314 g/mol.